The van der Waals surface area contributed by atoms with Crippen LogP contribution >= 0.6 is 0 Å². The van der Waals surface area contributed by atoms with Gasteiger partial charge in [0.1, 0.15) is 5.25 Å². The molecule has 0 saturated heterocycles. The third kappa shape index (κ3) is 3.31. The van der Waals surface area contributed by atoms with E-state index in [2.05, 4.69) is 0 Å². The minimum Gasteiger partial charge on any atom is -0.465 e. The van der Waals surface area contributed by atoms with Gasteiger partial charge in [0.15, 0.2) is 26.8 Å². The first-order valence-electron chi connectivity index (χ1n) is 10.3. The highest BCUT2D eigenvalue weighted by molar-refractivity contribution is 7.92. The van der Waals surface area contributed by atoms with Crippen molar-refractivity contribution in [2.75, 3.05) is 20.0 Å². The molecule has 1 heterocycles. The van der Waals surface area contributed by atoms with Crippen LogP contribution in [0.5, 0.6) is 11.5 Å². The molecule has 0 N–H and O–H groups in total. The SMILES string of the molecule is CCOC(=O)C1(C(=O)OCC)C(c2ccc3c(c2)OCO3)C1S(=O)(=O)c1ccc(C)cc1. The second-order valence-electron chi connectivity index (χ2n) is 7.68. The van der Waals surface area contributed by atoms with Gasteiger partial charge < -0.3 is 18.9 Å². The maximum atomic E-state index is 13.7. The second-order valence-corrected chi connectivity index (χ2v) is 9.75. The fourth-order valence-electron chi connectivity index (χ4n) is 4.27. The van der Waals surface area contributed by atoms with Crippen molar-refractivity contribution in [3.63, 3.8) is 0 Å². The van der Waals surface area contributed by atoms with E-state index in [1.54, 1.807) is 44.2 Å². The summed E-state index contributed by atoms with van der Waals surface area (Å²) in [5.41, 5.74) is -0.672. The molecule has 1 aliphatic carbocycles. The molecule has 0 bridgehead atoms. The van der Waals surface area contributed by atoms with E-state index in [-0.39, 0.29) is 24.9 Å². The summed E-state index contributed by atoms with van der Waals surface area (Å²) >= 11 is 0. The van der Waals surface area contributed by atoms with E-state index in [1.807, 2.05) is 6.92 Å². The Bertz CT molecular complexity index is 1140. The van der Waals surface area contributed by atoms with E-state index in [4.69, 9.17) is 18.9 Å². The summed E-state index contributed by atoms with van der Waals surface area (Å²) < 4.78 is 48.5. The molecule has 0 aromatic heterocycles. The van der Waals surface area contributed by atoms with Crippen LogP contribution in [0.25, 0.3) is 0 Å². The normalized spacial score (nSPS) is 20.5. The summed E-state index contributed by atoms with van der Waals surface area (Å²) in [5, 5.41) is -1.38. The number of benzene rings is 2. The highest BCUT2D eigenvalue weighted by atomic mass is 32.2. The number of aryl methyl sites for hydroxylation is 1. The van der Waals surface area contributed by atoms with Gasteiger partial charge in [-0.25, -0.2) is 8.42 Å². The molecular weight excluding hydrogens is 436 g/mol. The van der Waals surface area contributed by atoms with Gasteiger partial charge in [0.25, 0.3) is 0 Å². The predicted molar refractivity (Wildman–Crippen MR) is 113 cm³/mol. The third-order valence-electron chi connectivity index (χ3n) is 5.80. The number of ether oxygens (including phenoxy) is 4. The topological polar surface area (TPSA) is 105 Å². The largest absolute Gasteiger partial charge is 0.465 e. The van der Waals surface area contributed by atoms with Gasteiger partial charge in [-0.15, -0.1) is 0 Å². The maximum Gasteiger partial charge on any atom is 0.325 e. The molecule has 0 amide bonds. The fraction of sp³-hybridized carbons (Fsp3) is 0.391. The van der Waals surface area contributed by atoms with Crippen molar-refractivity contribution in [2.45, 2.75) is 36.8 Å². The Kier molecular flexibility index (Phi) is 5.62. The van der Waals surface area contributed by atoms with E-state index >= 15 is 0 Å². The second kappa shape index (κ2) is 8.12. The van der Waals surface area contributed by atoms with Crippen molar-refractivity contribution in [3.8, 4) is 11.5 Å². The standard InChI is InChI=1S/C23H24O8S/c1-4-28-21(24)23(22(25)29-5-2)19(15-8-11-17-18(12-15)31-13-30-17)20(23)32(26,27)16-9-6-14(3)7-10-16/h6-12,19-20H,4-5,13H2,1-3H3. The van der Waals surface area contributed by atoms with Crippen molar-refractivity contribution in [2.24, 2.45) is 5.41 Å². The van der Waals surface area contributed by atoms with E-state index in [1.165, 1.54) is 12.1 Å². The lowest BCUT2D eigenvalue weighted by atomic mass is 9.98. The zero-order valence-electron chi connectivity index (χ0n) is 18.0. The molecule has 2 unspecified atom stereocenters. The molecular formula is C23H24O8S. The highest BCUT2D eigenvalue weighted by Gasteiger charge is 2.81. The van der Waals surface area contributed by atoms with Crippen LogP contribution < -0.4 is 9.47 Å². The van der Waals surface area contributed by atoms with Crippen molar-refractivity contribution >= 4 is 21.8 Å². The number of esters is 2. The average molecular weight is 461 g/mol. The van der Waals surface area contributed by atoms with Gasteiger partial charge in [0, 0.05) is 5.92 Å². The summed E-state index contributed by atoms with van der Waals surface area (Å²) in [7, 11) is -4.10. The van der Waals surface area contributed by atoms with Crippen LogP contribution in [-0.2, 0) is 28.9 Å². The van der Waals surface area contributed by atoms with Gasteiger partial charge in [-0.3, -0.25) is 9.59 Å². The summed E-state index contributed by atoms with van der Waals surface area (Å²) in [4.78, 5) is 26.3. The van der Waals surface area contributed by atoms with E-state index in [0.29, 0.717) is 17.1 Å². The van der Waals surface area contributed by atoms with Gasteiger partial charge >= 0.3 is 11.9 Å². The maximum absolute atomic E-state index is 13.7. The average Bonchev–Trinajstić information content (AvgIpc) is 3.29. The molecule has 2 aromatic carbocycles. The van der Waals surface area contributed by atoms with Crippen molar-refractivity contribution < 1.29 is 37.0 Å². The van der Waals surface area contributed by atoms with Crippen LogP contribution in [-0.4, -0.2) is 45.6 Å². The third-order valence-corrected chi connectivity index (χ3v) is 8.04. The van der Waals surface area contributed by atoms with Gasteiger partial charge in [-0.2, -0.15) is 0 Å². The van der Waals surface area contributed by atoms with Crippen LogP contribution in [0.3, 0.4) is 0 Å². The molecule has 2 aliphatic rings. The number of rotatable bonds is 7. The minimum atomic E-state index is -4.10. The van der Waals surface area contributed by atoms with Crippen LogP contribution in [0.4, 0.5) is 0 Å². The number of sulfone groups is 1. The molecule has 32 heavy (non-hydrogen) atoms. The summed E-state index contributed by atoms with van der Waals surface area (Å²) in [6.07, 6.45) is 0. The van der Waals surface area contributed by atoms with E-state index in [0.717, 1.165) is 5.56 Å². The Balaban J connectivity index is 1.88. The first kappa shape index (κ1) is 22.1. The Morgan fingerprint density at radius 2 is 1.56 bits per heavy atom. The van der Waals surface area contributed by atoms with Gasteiger partial charge in [-0.05, 0) is 50.6 Å². The van der Waals surface area contributed by atoms with Crippen molar-refractivity contribution in [3.05, 3.63) is 53.6 Å². The summed E-state index contributed by atoms with van der Waals surface area (Å²) in [6, 6.07) is 11.2. The Morgan fingerprint density at radius 3 is 2.16 bits per heavy atom. The van der Waals surface area contributed by atoms with Crippen LogP contribution in [0.15, 0.2) is 47.4 Å². The van der Waals surface area contributed by atoms with E-state index < -0.39 is 38.4 Å². The molecule has 4 rings (SSSR count). The monoisotopic (exact) mass is 460 g/mol. The lowest BCUT2D eigenvalue weighted by Crippen LogP contribution is -2.35. The molecule has 9 heteroatoms. The predicted octanol–water partition coefficient (Wildman–Crippen LogP) is 2.78. The van der Waals surface area contributed by atoms with Crippen LogP contribution in [0.2, 0.25) is 0 Å². The van der Waals surface area contributed by atoms with Crippen LogP contribution in [0.1, 0.15) is 30.9 Å². The van der Waals surface area contributed by atoms with E-state index in [9.17, 15) is 18.0 Å². The lowest BCUT2D eigenvalue weighted by molar-refractivity contribution is -0.164. The van der Waals surface area contributed by atoms with Crippen LogP contribution in [0, 0.1) is 12.3 Å². The van der Waals surface area contributed by atoms with Gasteiger partial charge in [0.05, 0.1) is 18.1 Å². The molecule has 0 spiro atoms. The molecule has 8 nitrogen and oxygen atoms in total. The van der Waals surface area contributed by atoms with Gasteiger partial charge in [0.2, 0.25) is 6.79 Å². The zero-order chi connectivity index (χ0) is 23.1. The molecule has 1 aliphatic heterocycles. The van der Waals surface area contributed by atoms with Crippen molar-refractivity contribution in [1.29, 1.82) is 0 Å². The number of hydrogen-bond acceptors (Lipinski definition) is 8. The summed E-state index contributed by atoms with van der Waals surface area (Å²) in [5.74, 6) is -1.90. The minimum absolute atomic E-state index is 0.00878. The summed E-state index contributed by atoms with van der Waals surface area (Å²) in [6.45, 7) is 5.05. The molecule has 170 valence electrons. The molecule has 0 radical (unpaired) electrons. The Hall–Kier alpha value is -3.07. The Morgan fingerprint density at radius 1 is 0.969 bits per heavy atom. The van der Waals surface area contributed by atoms with Gasteiger partial charge in [-0.1, -0.05) is 23.8 Å². The smallest absolute Gasteiger partial charge is 0.325 e. The molecule has 1 fully saturated rings. The first-order valence-corrected chi connectivity index (χ1v) is 11.9. The first-order chi connectivity index (χ1) is 15.3. The number of hydrogen-bond donors (Lipinski definition) is 0. The Labute approximate surface area is 186 Å². The fourth-order valence-corrected chi connectivity index (χ4v) is 6.56. The number of carbonyl (C=O) groups excluding carboxylic acids is 2. The molecule has 1 saturated carbocycles. The zero-order valence-corrected chi connectivity index (χ0v) is 18.8. The highest BCUT2D eigenvalue weighted by Crippen LogP contribution is 2.66. The molecule has 2 atom stereocenters. The number of carbonyl (C=O) groups is 2. The number of fused-ring (bicyclic) bond motifs is 1. The van der Waals surface area contributed by atoms with Crippen molar-refractivity contribution in [1.82, 2.24) is 0 Å². The molecule has 2 aromatic rings. The lowest BCUT2D eigenvalue weighted by Gasteiger charge is -2.15. The quantitative estimate of drug-likeness (QED) is 0.459.